The fourth-order valence-corrected chi connectivity index (χ4v) is 1.93. The second kappa shape index (κ2) is 6.18. The molecule has 2 amide bonds. The van der Waals surface area contributed by atoms with Gasteiger partial charge in [0.05, 0.1) is 6.61 Å². The Morgan fingerprint density at radius 3 is 2.45 bits per heavy atom. The van der Waals surface area contributed by atoms with Crippen LogP contribution in [0.15, 0.2) is 16.9 Å². The summed E-state index contributed by atoms with van der Waals surface area (Å²) >= 11 is 0. The molecule has 1 fully saturated rings. The summed E-state index contributed by atoms with van der Waals surface area (Å²) in [6, 6.07) is 2.65. The van der Waals surface area contributed by atoms with Crippen LogP contribution in [0.5, 0.6) is 0 Å². The van der Waals surface area contributed by atoms with Gasteiger partial charge >= 0.3 is 6.09 Å². The molecule has 0 unspecified atom stereocenters. The van der Waals surface area contributed by atoms with E-state index in [1.54, 1.807) is 16.7 Å². The van der Waals surface area contributed by atoms with Gasteiger partial charge in [-0.05, 0) is 13.0 Å². The zero-order valence-corrected chi connectivity index (χ0v) is 11.2. The van der Waals surface area contributed by atoms with Crippen LogP contribution in [0.25, 0.3) is 0 Å². The number of hydrogen-bond donors (Lipinski definition) is 1. The van der Waals surface area contributed by atoms with Gasteiger partial charge in [-0.1, -0.05) is 0 Å². The Bertz CT molecular complexity index is 528. The van der Waals surface area contributed by atoms with E-state index in [2.05, 4.69) is 10.2 Å². The molecule has 2 rings (SSSR count). The molecule has 2 heterocycles. The number of amides is 2. The van der Waals surface area contributed by atoms with Gasteiger partial charge in [0.2, 0.25) is 0 Å². The maximum absolute atomic E-state index is 12.1. The highest BCUT2D eigenvalue weighted by molar-refractivity contribution is 5.92. The highest BCUT2D eigenvalue weighted by Gasteiger charge is 2.26. The van der Waals surface area contributed by atoms with Crippen molar-refractivity contribution >= 4 is 12.0 Å². The lowest BCUT2D eigenvalue weighted by molar-refractivity contribution is 0.0565. The van der Waals surface area contributed by atoms with Gasteiger partial charge in [-0.15, -0.1) is 0 Å². The molecule has 0 radical (unpaired) electrons. The Hall–Kier alpha value is -2.38. The molecule has 1 N–H and O–H groups in total. The third kappa shape index (κ3) is 3.14. The summed E-state index contributed by atoms with van der Waals surface area (Å²) in [5.41, 5.74) is -0.164. The smallest absolute Gasteiger partial charge is 0.409 e. The number of aromatic nitrogens is 2. The number of piperazine rings is 1. The highest BCUT2D eigenvalue weighted by atomic mass is 16.6. The van der Waals surface area contributed by atoms with Crippen LogP contribution in [0.2, 0.25) is 0 Å². The zero-order chi connectivity index (χ0) is 14.5. The van der Waals surface area contributed by atoms with Crippen molar-refractivity contribution in [1.29, 1.82) is 0 Å². The van der Waals surface area contributed by atoms with E-state index in [4.69, 9.17) is 4.74 Å². The van der Waals surface area contributed by atoms with Crippen molar-refractivity contribution < 1.29 is 14.3 Å². The second-order valence-corrected chi connectivity index (χ2v) is 4.28. The predicted molar refractivity (Wildman–Crippen MR) is 69.4 cm³/mol. The summed E-state index contributed by atoms with van der Waals surface area (Å²) in [6.45, 7) is 3.76. The summed E-state index contributed by atoms with van der Waals surface area (Å²) in [5.74, 6) is -0.259. The van der Waals surface area contributed by atoms with E-state index in [9.17, 15) is 14.4 Å². The number of rotatable bonds is 2. The fourth-order valence-electron chi connectivity index (χ4n) is 1.93. The minimum absolute atomic E-state index is 0.189. The average Bonchev–Trinajstić information content (AvgIpc) is 2.48. The molecule has 0 spiro atoms. The van der Waals surface area contributed by atoms with E-state index in [-0.39, 0.29) is 23.3 Å². The van der Waals surface area contributed by atoms with E-state index < -0.39 is 0 Å². The number of H-pyrrole nitrogens is 1. The van der Waals surface area contributed by atoms with Crippen LogP contribution in [0.4, 0.5) is 4.79 Å². The SMILES string of the molecule is CCOC(=O)N1CCN(C(=O)c2ccc(=O)[nH]n2)CC1. The van der Waals surface area contributed by atoms with Gasteiger partial charge in [-0.2, -0.15) is 5.10 Å². The maximum atomic E-state index is 12.1. The first kappa shape index (κ1) is 14.0. The third-order valence-corrected chi connectivity index (χ3v) is 2.99. The van der Waals surface area contributed by atoms with Crippen LogP contribution in [0.1, 0.15) is 17.4 Å². The molecule has 1 aromatic heterocycles. The summed E-state index contributed by atoms with van der Waals surface area (Å²) in [5, 5.41) is 5.93. The van der Waals surface area contributed by atoms with Gasteiger partial charge < -0.3 is 14.5 Å². The van der Waals surface area contributed by atoms with E-state index in [0.717, 1.165) is 0 Å². The maximum Gasteiger partial charge on any atom is 0.409 e. The van der Waals surface area contributed by atoms with Crippen molar-refractivity contribution in [3.63, 3.8) is 0 Å². The Balaban J connectivity index is 1.93. The molecule has 1 saturated heterocycles. The standard InChI is InChI=1S/C12H16N4O4/c1-2-20-12(19)16-7-5-15(6-8-16)11(18)9-3-4-10(17)14-13-9/h3-4H,2,5-8H2,1H3,(H,14,17). The van der Waals surface area contributed by atoms with E-state index in [1.165, 1.54) is 12.1 Å². The molecule has 0 bridgehead atoms. The molecule has 1 aliphatic heterocycles. The number of carbonyl (C=O) groups excluding carboxylic acids is 2. The number of ether oxygens (including phenoxy) is 1. The molecule has 1 aromatic rings. The summed E-state index contributed by atoms with van der Waals surface area (Å²) < 4.78 is 4.91. The minimum Gasteiger partial charge on any atom is -0.450 e. The summed E-state index contributed by atoms with van der Waals surface area (Å²) in [6.07, 6.45) is -0.359. The monoisotopic (exact) mass is 280 g/mol. The minimum atomic E-state index is -0.359. The lowest BCUT2D eigenvalue weighted by Gasteiger charge is -2.33. The topological polar surface area (TPSA) is 95.6 Å². The van der Waals surface area contributed by atoms with Crippen molar-refractivity contribution in [2.24, 2.45) is 0 Å². The van der Waals surface area contributed by atoms with Gasteiger partial charge in [0.15, 0.2) is 0 Å². The van der Waals surface area contributed by atoms with Gasteiger partial charge in [0.1, 0.15) is 5.69 Å². The van der Waals surface area contributed by atoms with Gasteiger partial charge in [-0.3, -0.25) is 9.59 Å². The molecule has 8 nitrogen and oxygen atoms in total. The van der Waals surface area contributed by atoms with Crippen LogP contribution in [-0.2, 0) is 4.74 Å². The third-order valence-electron chi connectivity index (χ3n) is 2.99. The number of hydrogen-bond acceptors (Lipinski definition) is 5. The largest absolute Gasteiger partial charge is 0.450 e. The number of carbonyl (C=O) groups is 2. The van der Waals surface area contributed by atoms with Crippen molar-refractivity contribution in [2.45, 2.75) is 6.92 Å². The molecule has 0 aliphatic carbocycles. The van der Waals surface area contributed by atoms with E-state index in [0.29, 0.717) is 32.8 Å². The first-order valence-electron chi connectivity index (χ1n) is 6.38. The average molecular weight is 280 g/mol. The normalized spacial score (nSPS) is 15.1. The Labute approximate surface area is 115 Å². The lowest BCUT2D eigenvalue weighted by atomic mass is 10.3. The Kier molecular flexibility index (Phi) is 4.34. The lowest BCUT2D eigenvalue weighted by Crippen LogP contribution is -2.51. The van der Waals surface area contributed by atoms with Gasteiger partial charge in [0.25, 0.3) is 11.5 Å². The molecule has 1 aliphatic rings. The van der Waals surface area contributed by atoms with E-state index in [1.807, 2.05) is 0 Å². The second-order valence-electron chi connectivity index (χ2n) is 4.28. The van der Waals surface area contributed by atoms with E-state index >= 15 is 0 Å². The number of nitrogens with zero attached hydrogens (tertiary/aromatic N) is 3. The molecular formula is C12H16N4O4. The molecule has 0 aromatic carbocycles. The summed E-state index contributed by atoms with van der Waals surface area (Å²) in [4.78, 5) is 37.7. The fraction of sp³-hybridized carbons (Fsp3) is 0.500. The van der Waals surface area contributed by atoms with Crippen LogP contribution in [0.3, 0.4) is 0 Å². The quantitative estimate of drug-likeness (QED) is 0.801. The molecule has 0 saturated carbocycles. The van der Waals surface area contributed by atoms with Crippen LogP contribution in [-0.4, -0.2) is 64.8 Å². The summed E-state index contributed by atoms with van der Waals surface area (Å²) in [7, 11) is 0. The predicted octanol–water partition coefficient (Wildman–Crippen LogP) is -0.316. The van der Waals surface area contributed by atoms with Crippen LogP contribution >= 0.6 is 0 Å². The van der Waals surface area contributed by atoms with Crippen molar-refractivity contribution in [3.05, 3.63) is 28.2 Å². The Morgan fingerprint density at radius 2 is 1.90 bits per heavy atom. The van der Waals surface area contributed by atoms with Crippen molar-refractivity contribution in [2.75, 3.05) is 32.8 Å². The molecular weight excluding hydrogens is 264 g/mol. The number of aromatic amines is 1. The molecule has 8 heteroatoms. The number of nitrogens with one attached hydrogen (secondary N) is 1. The highest BCUT2D eigenvalue weighted by Crippen LogP contribution is 2.07. The first-order chi connectivity index (χ1) is 9.61. The molecule has 108 valence electrons. The van der Waals surface area contributed by atoms with Gasteiger partial charge in [0, 0.05) is 32.2 Å². The molecule has 0 atom stereocenters. The molecule has 20 heavy (non-hydrogen) atoms. The van der Waals surface area contributed by atoms with Crippen molar-refractivity contribution in [3.8, 4) is 0 Å². The Morgan fingerprint density at radius 1 is 1.25 bits per heavy atom. The first-order valence-corrected chi connectivity index (χ1v) is 6.38. The van der Waals surface area contributed by atoms with Crippen LogP contribution < -0.4 is 5.56 Å². The van der Waals surface area contributed by atoms with Gasteiger partial charge in [-0.25, -0.2) is 9.89 Å². The van der Waals surface area contributed by atoms with Crippen LogP contribution in [0, 0.1) is 0 Å². The van der Waals surface area contributed by atoms with Crippen molar-refractivity contribution in [1.82, 2.24) is 20.0 Å². The zero-order valence-electron chi connectivity index (χ0n) is 11.2.